The molecule has 0 bridgehead atoms. The Kier molecular flexibility index (Phi) is 6.15. The second-order valence-electron chi connectivity index (χ2n) is 6.20. The van der Waals surface area contributed by atoms with Crippen molar-refractivity contribution in [1.82, 2.24) is 5.32 Å². The van der Waals surface area contributed by atoms with E-state index in [0.29, 0.717) is 13.0 Å². The Bertz CT molecular complexity index is 925. The molecule has 138 valence electrons. The molecule has 0 aliphatic rings. The van der Waals surface area contributed by atoms with E-state index in [-0.39, 0.29) is 12.5 Å². The summed E-state index contributed by atoms with van der Waals surface area (Å²) in [5.41, 5.74) is 1.13. The molecule has 0 radical (unpaired) electrons. The molecule has 0 saturated heterocycles. The summed E-state index contributed by atoms with van der Waals surface area (Å²) in [6, 6.07) is 18.5. The van der Waals surface area contributed by atoms with E-state index in [0.717, 1.165) is 16.3 Å². The molecule has 1 atom stereocenters. The van der Waals surface area contributed by atoms with Gasteiger partial charge in [0.05, 0.1) is 6.61 Å². The quantitative estimate of drug-likeness (QED) is 0.399. The van der Waals surface area contributed by atoms with Gasteiger partial charge >= 0.3 is 17.9 Å². The molecular weight excluding hydrogens is 340 g/mol. The van der Waals surface area contributed by atoms with E-state index < -0.39 is 12.0 Å². The molecule has 0 saturated carbocycles. The first kappa shape index (κ1) is 18.6. The third kappa shape index (κ3) is 4.70. The molecule has 0 aliphatic carbocycles. The summed E-state index contributed by atoms with van der Waals surface area (Å²) in [5, 5.41) is 4.85. The molecule has 1 heterocycles. The number of benzene rings is 2. The van der Waals surface area contributed by atoms with Gasteiger partial charge in [0.15, 0.2) is 12.4 Å². The Balaban J connectivity index is 1.77. The number of amides is 1. The van der Waals surface area contributed by atoms with Crippen molar-refractivity contribution in [1.29, 1.82) is 0 Å². The third-order valence-corrected chi connectivity index (χ3v) is 4.32. The fraction of sp³-hybridized carbons (Fsp3) is 0.227. The first-order valence-corrected chi connectivity index (χ1v) is 9.07. The van der Waals surface area contributed by atoms with Crippen molar-refractivity contribution < 1.29 is 18.9 Å². The summed E-state index contributed by atoms with van der Waals surface area (Å²) in [6.07, 6.45) is 4.24. The van der Waals surface area contributed by atoms with Crippen LogP contribution in [0.1, 0.15) is 18.5 Å². The van der Waals surface area contributed by atoms with Crippen LogP contribution in [0.15, 0.2) is 73.1 Å². The monoisotopic (exact) mass is 363 g/mol. The molecule has 5 heteroatoms. The van der Waals surface area contributed by atoms with Crippen molar-refractivity contribution >= 4 is 22.6 Å². The number of ether oxygens (including phenoxy) is 1. The maximum Gasteiger partial charge on any atom is 0.386 e. The van der Waals surface area contributed by atoms with E-state index in [1.54, 1.807) is 23.9 Å². The molecule has 27 heavy (non-hydrogen) atoms. The van der Waals surface area contributed by atoms with Crippen LogP contribution in [0.3, 0.4) is 0 Å². The van der Waals surface area contributed by atoms with E-state index in [9.17, 15) is 9.59 Å². The smallest absolute Gasteiger partial charge is 0.386 e. The van der Waals surface area contributed by atoms with Crippen molar-refractivity contribution in [3.8, 4) is 0 Å². The molecule has 2 aromatic carbocycles. The maximum atomic E-state index is 12.8. The number of fused-ring (bicyclic) bond motifs is 1. The zero-order valence-corrected chi connectivity index (χ0v) is 15.3. The highest BCUT2D eigenvalue weighted by atomic mass is 16.5. The van der Waals surface area contributed by atoms with Gasteiger partial charge in [0, 0.05) is 18.0 Å². The van der Waals surface area contributed by atoms with Crippen molar-refractivity contribution in [3.05, 3.63) is 78.6 Å². The molecule has 1 unspecified atom stereocenters. The van der Waals surface area contributed by atoms with E-state index >= 15 is 0 Å². The minimum atomic E-state index is -1.05. The molecule has 1 amide bonds. The van der Waals surface area contributed by atoms with E-state index in [4.69, 9.17) is 4.74 Å². The van der Waals surface area contributed by atoms with Gasteiger partial charge in [-0.3, -0.25) is 4.79 Å². The van der Waals surface area contributed by atoms with Gasteiger partial charge < -0.3 is 10.1 Å². The van der Waals surface area contributed by atoms with Crippen molar-refractivity contribution in [2.24, 2.45) is 0 Å². The van der Waals surface area contributed by atoms with Crippen LogP contribution in [0.2, 0.25) is 0 Å². The largest absolute Gasteiger partial charge is 0.461 e. The third-order valence-electron chi connectivity index (χ3n) is 4.32. The van der Waals surface area contributed by atoms with Crippen LogP contribution in [0.25, 0.3) is 10.8 Å². The molecule has 0 fully saturated rings. The molecular formula is C22H23N2O3+. The highest BCUT2D eigenvalue weighted by molar-refractivity contribution is 5.98. The SMILES string of the molecule is CCOC(=O)C(C(=O)NCCc1ccccc1)[n+]1ccc2ccccc2c1. The number of nitrogens with one attached hydrogen (secondary N) is 1. The average molecular weight is 363 g/mol. The van der Waals surface area contributed by atoms with Crippen LogP contribution in [-0.2, 0) is 20.7 Å². The second kappa shape index (κ2) is 8.94. The maximum absolute atomic E-state index is 12.8. The summed E-state index contributed by atoms with van der Waals surface area (Å²) in [7, 11) is 0. The second-order valence-corrected chi connectivity index (χ2v) is 6.20. The molecule has 5 nitrogen and oxygen atoms in total. The van der Waals surface area contributed by atoms with Crippen LogP contribution < -0.4 is 9.88 Å². The summed E-state index contributed by atoms with van der Waals surface area (Å²) >= 11 is 0. The van der Waals surface area contributed by atoms with Gasteiger partial charge in [0.1, 0.15) is 0 Å². The molecule has 0 aliphatic heterocycles. The van der Waals surface area contributed by atoms with Crippen LogP contribution in [-0.4, -0.2) is 25.0 Å². The van der Waals surface area contributed by atoms with Crippen LogP contribution in [0.4, 0.5) is 0 Å². The summed E-state index contributed by atoms with van der Waals surface area (Å²) in [4.78, 5) is 25.2. The number of carbonyl (C=O) groups is 2. The van der Waals surface area contributed by atoms with Crippen LogP contribution >= 0.6 is 0 Å². The lowest BCUT2D eigenvalue weighted by Crippen LogP contribution is -2.52. The minimum absolute atomic E-state index is 0.223. The number of hydrogen-bond acceptors (Lipinski definition) is 3. The minimum Gasteiger partial charge on any atom is -0.461 e. The summed E-state index contributed by atoms with van der Waals surface area (Å²) in [6.45, 7) is 2.40. The Morgan fingerprint density at radius 1 is 1.00 bits per heavy atom. The number of hydrogen-bond donors (Lipinski definition) is 1. The number of pyridine rings is 1. The number of carbonyl (C=O) groups excluding carboxylic acids is 2. The predicted octanol–water partition coefficient (Wildman–Crippen LogP) is 2.59. The van der Waals surface area contributed by atoms with Crippen molar-refractivity contribution in [3.63, 3.8) is 0 Å². The Morgan fingerprint density at radius 2 is 1.70 bits per heavy atom. The van der Waals surface area contributed by atoms with Crippen LogP contribution in [0, 0.1) is 0 Å². The van der Waals surface area contributed by atoms with Crippen molar-refractivity contribution in [2.75, 3.05) is 13.2 Å². The number of esters is 1. The van der Waals surface area contributed by atoms with Gasteiger partial charge in [-0.15, -0.1) is 0 Å². The average Bonchev–Trinajstić information content (AvgIpc) is 2.69. The normalized spacial score (nSPS) is 11.7. The van der Waals surface area contributed by atoms with Crippen molar-refractivity contribution in [2.45, 2.75) is 19.4 Å². The fourth-order valence-electron chi connectivity index (χ4n) is 2.97. The molecule has 1 aromatic heterocycles. The van der Waals surface area contributed by atoms with Crippen LogP contribution in [0.5, 0.6) is 0 Å². The lowest BCUT2D eigenvalue weighted by molar-refractivity contribution is -0.696. The summed E-state index contributed by atoms with van der Waals surface area (Å²) in [5.74, 6) is -0.931. The number of aromatic nitrogens is 1. The highest BCUT2D eigenvalue weighted by Gasteiger charge is 2.37. The zero-order chi connectivity index (χ0) is 19.1. The van der Waals surface area contributed by atoms with Gasteiger partial charge in [-0.25, -0.2) is 4.79 Å². The number of rotatable bonds is 7. The fourth-order valence-corrected chi connectivity index (χ4v) is 2.97. The predicted molar refractivity (Wildman–Crippen MR) is 103 cm³/mol. The number of nitrogens with zero attached hydrogens (tertiary/aromatic N) is 1. The van der Waals surface area contributed by atoms with E-state index in [2.05, 4.69) is 5.32 Å². The van der Waals surface area contributed by atoms with Gasteiger partial charge in [-0.2, -0.15) is 4.57 Å². The first-order chi connectivity index (χ1) is 13.2. The Morgan fingerprint density at radius 3 is 2.44 bits per heavy atom. The molecule has 1 N–H and O–H groups in total. The van der Waals surface area contributed by atoms with Gasteiger partial charge in [0.2, 0.25) is 0 Å². The Labute approximate surface area is 158 Å². The zero-order valence-electron chi connectivity index (χ0n) is 15.3. The molecule has 0 spiro atoms. The highest BCUT2D eigenvalue weighted by Crippen LogP contribution is 2.12. The topological polar surface area (TPSA) is 59.3 Å². The lowest BCUT2D eigenvalue weighted by Gasteiger charge is -2.12. The standard InChI is InChI=1S/C22H22N2O3/c1-2-27-22(26)20(21(25)23-14-12-17-8-4-3-5-9-17)24-15-13-18-10-6-7-11-19(18)16-24/h3-11,13,15-16,20H,2,12,14H2,1H3/p+1. The van der Waals surface area contributed by atoms with E-state index in [1.165, 1.54) is 0 Å². The Hall–Kier alpha value is -3.21. The molecule has 3 aromatic rings. The van der Waals surface area contributed by atoms with E-state index in [1.807, 2.05) is 60.7 Å². The first-order valence-electron chi connectivity index (χ1n) is 9.07. The van der Waals surface area contributed by atoms with Gasteiger partial charge in [-0.1, -0.05) is 48.5 Å². The van der Waals surface area contributed by atoms with Gasteiger partial charge in [0.25, 0.3) is 0 Å². The van der Waals surface area contributed by atoms with Gasteiger partial charge in [-0.05, 0) is 30.4 Å². The lowest BCUT2D eigenvalue weighted by atomic mass is 10.1. The molecule has 3 rings (SSSR count). The summed E-state index contributed by atoms with van der Waals surface area (Å²) < 4.78 is 6.74.